The van der Waals surface area contributed by atoms with E-state index >= 15 is 0 Å². The molecule has 3 rings (SSSR count). The Morgan fingerprint density at radius 1 is 1.08 bits per heavy atom. The first-order chi connectivity index (χ1) is 11.5. The van der Waals surface area contributed by atoms with Gasteiger partial charge in [0, 0.05) is 25.7 Å². The van der Waals surface area contributed by atoms with Crippen molar-refractivity contribution in [3.8, 4) is 0 Å². The van der Waals surface area contributed by atoms with Gasteiger partial charge in [0.15, 0.2) is 0 Å². The van der Waals surface area contributed by atoms with Gasteiger partial charge in [-0.25, -0.2) is 4.79 Å². The molecule has 1 aromatic rings. The summed E-state index contributed by atoms with van der Waals surface area (Å²) in [6.45, 7) is 3.92. The molecule has 0 spiro atoms. The maximum atomic E-state index is 12.6. The van der Waals surface area contributed by atoms with E-state index < -0.39 is 10.2 Å². The average Bonchev–Trinajstić information content (AvgIpc) is 3.20. The molecular weight excluding hydrogens is 328 g/mol. The largest absolute Gasteiger partial charge is 0.325 e. The Morgan fingerprint density at radius 3 is 2.38 bits per heavy atom. The molecule has 0 saturated carbocycles. The molecule has 0 aromatic heterocycles. The highest BCUT2D eigenvalue weighted by molar-refractivity contribution is 7.90. The molecule has 2 aliphatic rings. The minimum Gasteiger partial charge on any atom is -0.325 e. The van der Waals surface area contributed by atoms with E-state index in [2.05, 4.69) is 10.0 Å². The second-order valence-corrected chi connectivity index (χ2v) is 8.00. The number of urea groups is 1. The fraction of sp³-hybridized carbons (Fsp3) is 0.562. The summed E-state index contributed by atoms with van der Waals surface area (Å²) in [5.74, 6) is 0. The third-order valence-electron chi connectivity index (χ3n) is 4.60. The number of anilines is 2. The second-order valence-electron chi connectivity index (χ2n) is 6.38. The topological polar surface area (TPSA) is 81.8 Å². The van der Waals surface area contributed by atoms with E-state index in [4.69, 9.17) is 0 Å². The van der Waals surface area contributed by atoms with Crippen LogP contribution in [-0.2, 0) is 10.2 Å². The van der Waals surface area contributed by atoms with Gasteiger partial charge in [-0.3, -0.25) is 4.72 Å². The molecule has 0 aliphatic carbocycles. The van der Waals surface area contributed by atoms with Crippen molar-refractivity contribution < 1.29 is 13.2 Å². The lowest BCUT2D eigenvalue weighted by Gasteiger charge is -2.23. The Bertz CT molecular complexity index is 701. The number of likely N-dealkylation sites (tertiary alicyclic amines) is 1. The summed E-state index contributed by atoms with van der Waals surface area (Å²) in [5, 5.41) is 2.82. The SMILES string of the molecule is CC1CCCN1S(=O)(=O)Nc1ccccc1NC(=O)N1CCCC1. The smallest absolute Gasteiger partial charge is 0.321 e. The number of nitrogens with zero attached hydrogens (tertiary/aromatic N) is 2. The lowest BCUT2D eigenvalue weighted by molar-refractivity contribution is 0.222. The summed E-state index contributed by atoms with van der Waals surface area (Å²) < 4.78 is 29.3. The summed E-state index contributed by atoms with van der Waals surface area (Å²) in [5.41, 5.74) is 0.869. The second kappa shape index (κ2) is 6.98. The molecule has 2 fully saturated rings. The molecule has 7 nitrogen and oxygen atoms in total. The Kier molecular flexibility index (Phi) is 4.96. The van der Waals surface area contributed by atoms with Crippen LogP contribution in [0.5, 0.6) is 0 Å². The molecule has 1 aromatic carbocycles. The standard InChI is InChI=1S/C16H24N4O3S/c1-13-7-6-12-20(13)24(22,23)18-15-9-3-2-8-14(15)17-16(21)19-10-4-5-11-19/h2-3,8-9,13,18H,4-7,10-12H2,1H3,(H,17,21). The van der Waals surface area contributed by atoms with E-state index in [0.717, 1.165) is 38.8 Å². The summed E-state index contributed by atoms with van der Waals surface area (Å²) in [7, 11) is -3.62. The van der Waals surface area contributed by atoms with Crippen LogP contribution in [0.4, 0.5) is 16.2 Å². The van der Waals surface area contributed by atoms with Crippen LogP contribution in [-0.4, -0.2) is 49.3 Å². The van der Waals surface area contributed by atoms with Gasteiger partial charge in [0.25, 0.3) is 0 Å². The highest BCUT2D eigenvalue weighted by atomic mass is 32.2. The molecule has 24 heavy (non-hydrogen) atoms. The van der Waals surface area contributed by atoms with Crippen LogP contribution >= 0.6 is 0 Å². The highest BCUT2D eigenvalue weighted by Crippen LogP contribution is 2.27. The zero-order valence-electron chi connectivity index (χ0n) is 13.9. The number of hydrogen-bond donors (Lipinski definition) is 2. The number of nitrogens with one attached hydrogen (secondary N) is 2. The first-order valence-corrected chi connectivity index (χ1v) is 9.86. The Hall–Kier alpha value is -1.80. The summed E-state index contributed by atoms with van der Waals surface area (Å²) >= 11 is 0. The number of para-hydroxylation sites is 2. The van der Waals surface area contributed by atoms with Gasteiger partial charge in [-0.15, -0.1) is 0 Å². The summed E-state index contributed by atoms with van der Waals surface area (Å²) in [6, 6.07) is 6.70. The zero-order chi connectivity index (χ0) is 17.2. The fourth-order valence-electron chi connectivity index (χ4n) is 3.26. The lowest BCUT2D eigenvalue weighted by Crippen LogP contribution is -2.38. The Balaban J connectivity index is 1.75. The predicted octanol–water partition coefficient (Wildman–Crippen LogP) is 2.46. The molecule has 2 saturated heterocycles. The quantitative estimate of drug-likeness (QED) is 0.873. The van der Waals surface area contributed by atoms with E-state index in [1.807, 2.05) is 6.92 Å². The number of benzene rings is 1. The van der Waals surface area contributed by atoms with Crippen molar-refractivity contribution in [1.29, 1.82) is 0 Å². The molecule has 1 unspecified atom stereocenters. The number of amides is 2. The van der Waals surface area contributed by atoms with Crippen molar-refractivity contribution in [3.63, 3.8) is 0 Å². The van der Waals surface area contributed by atoms with Gasteiger partial charge in [-0.1, -0.05) is 12.1 Å². The number of hydrogen-bond acceptors (Lipinski definition) is 3. The van der Waals surface area contributed by atoms with Crippen LogP contribution in [0.3, 0.4) is 0 Å². The number of carbonyl (C=O) groups is 1. The predicted molar refractivity (Wildman–Crippen MR) is 94.2 cm³/mol. The third kappa shape index (κ3) is 3.64. The number of carbonyl (C=O) groups excluding carboxylic acids is 1. The van der Waals surface area contributed by atoms with Gasteiger partial charge < -0.3 is 10.2 Å². The molecule has 132 valence electrons. The molecule has 8 heteroatoms. The first-order valence-electron chi connectivity index (χ1n) is 8.42. The number of rotatable bonds is 4. The average molecular weight is 352 g/mol. The minimum atomic E-state index is -3.62. The molecule has 2 aliphatic heterocycles. The van der Waals surface area contributed by atoms with Crippen molar-refractivity contribution in [3.05, 3.63) is 24.3 Å². The van der Waals surface area contributed by atoms with E-state index in [1.54, 1.807) is 29.2 Å². The molecule has 0 radical (unpaired) electrons. The van der Waals surface area contributed by atoms with Crippen LogP contribution in [0, 0.1) is 0 Å². The normalized spacial score (nSPS) is 21.9. The monoisotopic (exact) mass is 352 g/mol. The molecule has 0 bridgehead atoms. The van der Waals surface area contributed by atoms with Gasteiger partial charge in [-0.05, 0) is 44.7 Å². The highest BCUT2D eigenvalue weighted by Gasteiger charge is 2.31. The van der Waals surface area contributed by atoms with Crippen LogP contribution in [0.1, 0.15) is 32.6 Å². The molecule has 2 N–H and O–H groups in total. The first kappa shape index (κ1) is 17.0. The van der Waals surface area contributed by atoms with Crippen molar-refractivity contribution in [2.75, 3.05) is 29.7 Å². The van der Waals surface area contributed by atoms with Crippen LogP contribution in [0.15, 0.2) is 24.3 Å². The van der Waals surface area contributed by atoms with Gasteiger partial charge in [0.2, 0.25) is 0 Å². The van der Waals surface area contributed by atoms with Crippen molar-refractivity contribution in [2.45, 2.75) is 38.6 Å². The van der Waals surface area contributed by atoms with Crippen molar-refractivity contribution in [2.24, 2.45) is 0 Å². The van der Waals surface area contributed by atoms with Crippen LogP contribution in [0.25, 0.3) is 0 Å². The minimum absolute atomic E-state index is 0.00569. The van der Waals surface area contributed by atoms with Gasteiger partial charge >= 0.3 is 16.2 Å². The summed E-state index contributed by atoms with van der Waals surface area (Å²) in [6.07, 6.45) is 3.76. The van der Waals surface area contributed by atoms with Crippen molar-refractivity contribution in [1.82, 2.24) is 9.21 Å². The van der Waals surface area contributed by atoms with Crippen LogP contribution < -0.4 is 10.0 Å². The molecular formula is C16H24N4O3S. The molecule has 1 atom stereocenters. The third-order valence-corrected chi connectivity index (χ3v) is 6.24. The van der Waals surface area contributed by atoms with E-state index in [9.17, 15) is 13.2 Å². The maximum absolute atomic E-state index is 12.6. The molecule has 2 heterocycles. The molecule has 2 amide bonds. The Labute approximate surface area is 143 Å². The van der Waals surface area contributed by atoms with Crippen LogP contribution in [0.2, 0.25) is 0 Å². The Morgan fingerprint density at radius 2 is 1.75 bits per heavy atom. The summed E-state index contributed by atoms with van der Waals surface area (Å²) in [4.78, 5) is 14.0. The van der Waals surface area contributed by atoms with Gasteiger partial charge in [0.05, 0.1) is 11.4 Å². The zero-order valence-corrected chi connectivity index (χ0v) is 14.7. The van der Waals surface area contributed by atoms with E-state index in [0.29, 0.717) is 17.9 Å². The maximum Gasteiger partial charge on any atom is 0.321 e. The lowest BCUT2D eigenvalue weighted by atomic mass is 10.3. The van der Waals surface area contributed by atoms with E-state index in [1.165, 1.54) is 4.31 Å². The van der Waals surface area contributed by atoms with Gasteiger partial charge in [-0.2, -0.15) is 12.7 Å². The fourth-order valence-corrected chi connectivity index (χ4v) is 4.78. The van der Waals surface area contributed by atoms with Crippen molar-refractivity contribution >= 4 is 27.6 Å². The van der Waals surface area contributed by atoms with Gasteiger partial charge in [0.1, 0.15) is 0 Å². The van der Waals surface area contributed by atoms with E-state index in [-0.39, 0.29) is 12.1 Å².